The van der Waals surface area contributed by atoms with Gasteiger partial charge in [-0.15, -0.1) is 0 Å². The molecule has 0 saturated heterocycles. The number of nitro benzene ring substituents is 1. The Hall–Kier alpha value is -2.44. The van der Waals surface area contributed by atoms with E-state index in [1.54, 1.807) is 0 Å². The highest BCUT2D eigenvalue weighted by atomic mass is 35.5. The second kappa shape index (κ2) is 5.06. The van der Waals surface area contributed by atoms with Gasteiger partial charge in [0.15, 0.2) is 5.92 Å². The van der Waals surface area contributed by atoms with Gasteiger partial charge in [-0.1, -0.05) is 17.7 Å². The zero-order valence-electron chi connectivity index (χ0n) is 8.25. The van der Waals surface area contributed by atoms with Crippen LogP contribution in [0.4, 0.5) is 5.69 Å². The van der Waals surface area contributed by atoms with E-state index in [2.05, 4.69) is 0 Å². The van der Waals surface area contributed by atoms with Crippen molar-refractivity contribution in [3.63, 3.8) is 0 Å². The van der Waals surface area contributed by atoms with E-state index in [1.807, 2.05) is 0 Å². The van der Waals surface area contributed by atoms with Gasteiger partial charge in [0.1, 0.15) is 5.56 Å². The lowest BCUT2D eigenvalue weighted by molar-refractivity contribution is -0.385. The van der Waals surface area contributed by atoms with E-state index in [0.29, 0.717) is 0 Å². The molecule has 0 aliphatic heterocycles. The summed E-state index contributed by atoms with van der Waals surface area (Å²) >= 11 is 5.68. The zero-order valence-corrected chi connectivity index (χ0v) is 9.01. The molecule has 0 N–H and O–H groups in total. The molecule has 0 aromatic heterocycles. The quantitative estimate of drug-likeness (QED) is 0.463. The number of carbonyl (C=O) groups excluding carboxylic acids is 1. The van der Waals surface area contributed by atoms with Crippen LogP contribution >= 0.6 is 11.6 Å². The largest absolute Gasteiger partial charge is 0.291 e. The number of ketones is 1. The van der Waals surface area contributed by atoms with Crippen molar-refractivity contribution in [2.24, 2.45) is 5.92 Å². The first-order valence-corrected chi connectivity index (χ1v) is 4.67. The topological polar surface area (TPSA) is 108 Å². The first-order valence-electron chi connectivity index (χ1n) is 4.29. The van der Waals surface area contributed by atoms with Gasteiger partial charge in [-0.25, -0.2) is 0 Å². The Kier molecular flexibility index (Phi) is 3.76. The van der Waals surface area contributed by atoms with Crippen molar-refractivity contribution in [3.05, 3.63) is 38.9 Å². The minimum absolute atomic E-state index is 0.153. The molecule has 0 aliphatic carbocycles. The van der Waals surface area contributed by atoms with E-state index in [9.17, 15) is 14.9 Å². The fraction of sp³-hybridized carbons (Fsp3) is 0.100. The molecular weight excluding hydrogens is 246 g/mol. The molecule has 1 aromatic carbocycles. The normalized spacial score (nSPS) is 9.41. The highest BCUT2D eigenvalue weighted by Gasteiger charge is 2.29. The Labute approximate surface area is 101 Å². The first kappa shape index (κ1) is 12.6. The summed E-state index contributed by atoms with van der Waals surface area (Å²) in [6.07, 6.45) is 0. The molecule has 84 valence electrons. The highest BCUT2D eigenvalue weighted by molar-refractivity contribution is 6.34. The molecule has 0 atom stereocenters. The number of nitriles is 2. The second-order valence-electron chi connectivity index (χ2n) is 2.95. The third-order valence-electron chi connectivity index (χ3n) is 1.96. The molecule has 1 aromatic rings. The van der Waals surface area contributed by atoms with Crippen LogP contribution in [0, 0.1) is 38.7 Å². The first-order chi connectivity index (χ1) is 8.02. The summed E-state index contributed by atoms with van der Waals surface area (Å²) < 4.78 is 0. The lowest BCUT2D eigenvalue weighted by Gasteiger charge is -2.03. The maximum atomic E-state index is 11.7. The third kappa shape index (κ3) is 2.39. The predicted octanol–water partition coefficient (Wildman–Crippen LogP) is 2.09. The number of hydrogen-bond acceptors (Lipinski definition) is 5. The van der Waals surface area contributed by atoms with Gasteiger partial charge in [0.05, 0.1) is 22.1 Å². The van der Waals surface area contributed by atoms with Gasteiger partial charge in [-0.05, 0) is 6.07 Å². The van der Waals surface area contributed by atoms with E-state index in [0.717, 1.165) is 6.07 Å². The van der Waals surface area contributed by atoms with Crippen molar-refractivity contribution in [1.82, 2.24) is 0 Å². The molecule has 0 bridgehead atoms. The molecule has 6 nitrogen and oxygen atoms in total. The summed E-state index contributed by atoms with van der Waals surface area (Å²) in [6.45, 7) is 0. The molecule has 0 heterocycles. The summed E-state index contributed by atoms with van der Waals surface area (Å²) in [6, 6.07) is 6.59. The number of halogens is 1. The van der Waals surface area contributed by atoms with Crippen molar-refractivity contribution in [2.75, 3.05) is 0 Å². The van der Waals surface area contributed by atoms with E-state index in [1.165, 1.54) is 24.3 Å². The monoisotopic (exact) mass is 249 g/mol. The number of Topliss-reactive ketones (excluding diaryl/α,β-unsaturated/α-hetero) is 1. The van der Waals surface area contributed by atoms with Crippen LogP contribution in [0.1, 0.15) is 10.4 Å². The fourth-order valence-corrected chi connectivity index (χ4v) is 1.46. The van der Waals surface area contributed by atoms with Gasteiger partial charge in [0.2, 0.25) is 5.78 Å². The average molecular weight is 250 g/mol. The highest BCUT2D eigenvalue weighted by Crippen LogP contribution is 2.28. The molecule has 0 aliphatic rings. The Morgan fingerprint density at radius 1 is 1.41 bits per heavy atom. The molecular formula is C10H4ClN3O3. The van der Waals surface area contributed by atoms with Crippen molar-refractivity contribution in [1.29, 1.82) is 10.5 Å². The SMILES string of the molecule is N#CC(C#N)C(=O)c1c(Cl)cccc1[N+](=O)[O-]. The number of nitrogens with zero attached hydrogens (tertiary/aromatic N) is 3. The molecule has 0 fully saturated rings. The Morgan fingerprint density at radius 3 is 2.47 bits per heavy atom. The standard InChI is InChI=1S/C10H4ClN3O3/c11-7-2-1-3-8(14(16)17)9(7)10(15)6(4-12)5-13/h1-3,6H. The maximum absolute atomic E-state index is 11.7. The fourth-order valence-electron chi connectivity index (χ4n) is 1.20. The lowest BCUT2D eigenvalue weighted by atomic mass is 9.99. The minimum atomic E-state index is -1.60. The zero-order chi connectivity index (χ0) is 13.0. The van der Waals surface area contributed by atoms with Crippen LogP contribution < -0.4 is 0 Å². The number of hydrogen-bond donors (Lipinski definition) is 0. The van der Waals surface area contributed by atoms with E-state index in [-0.39, 0.29) is 5.02 Å². The Bertz CT molecular complexity index is 557. The van der Waals surface area contributed by atoms with Crippen molar-refractivity contribution < 1.29 is 9.72 Å². The van der Waals surface area contributed by atoms with Crippen LogP contribution in [0.2, 0.25) is 5.02 Å². The van der Waals surface area contributed by atoms with Gasteiger partial charge in [-0.2, -0.15) is 10.5 Å². The van der Waals surface area contributed by atoms with Crippen LogP contribution in [0.15, 0.2) is 18.2 Å². The van der Waals surface area contributed by atoms with Gasteiger partial charge in [0.25, 0.3) is 5.69 Å². The van der Waals surface area contributed by atoms with Gasteiger partial charge < -0.3 is 0 Å². The van der Waals surface area contributed by atoms with Crippen LogP contribution in [-0.4, -0.2) is 10.7 Å². The summed E-state index contributed by atoms with van der Waals surface area (Å²) in [5, 5.41) is 27.7. The Morgan fingerprint density at radius 2 is 2.00 bits per heavy atom. The summed E-state index contributed by atoms with van der Waals surface area (Å²) in [5.74, 6) is -2.57. The maximum Gasteiger partial charge on any atom is 0.281 e. The van der Waals surface area contributed by atoms with Crippen LogP contribution in [0.5, 0.6) is 0 Å². The predicted molar refractivity (Wildman–Crippen MR) is 57.2 cm³/mol. The molecule has 0 unspecified atom stereocenters. The number of carbonyl (C=O) groups is 1. The van der Waals surface area contributed by atoms with Crippen molar-refractivity contribution >= 4 is 23.1 Å². The average Bonchev–Trinajstić information content (AvgIpc) is 2.29. The number of benzene rings is 1. The van der Waals surface area contributed by atoms with E-state index in [4.69, 9.17) is 22.1 Å². The van der Waals surface area contributed by atoms with Crippen molar-refractivity contribution in [3.8, 4) is 12.1 Å². The van der Waals surface area contributed by atoms with Crippen LogP contribution in [0.25, 0.3) is 0 Å². The van der Waals surface area contributed by atoms with Gasteiger partial charge in [0, 0.05) is 6.07 Å². The molecule has 1 rings (SSSR count). The minimum Gasteiger partial charge on any atom is -0.291 e. The molecule has 7 heteroatoms. The molecule has 17 heavy (non-hydrogen) atoms. The van der Waals surface area contributed by atoms with Gasteiger partial charge in [-0.3, -0.25) is 14.9 Å². The Balaban J connectivity index is 3.42. The number of rotatable bonds is 3. The summed E-state index contributed by atoms with van der Waals surface area (Å²) in [5.41, 5.74) is -0.926. The van der Waals surface area contributed by atoms with Crippen molar-refractivity contribution in [2.45, 2.75) is 0 Å². The summed E-state index contributed by atoms with van der Waals surface area (Å²) in [7, 11) is 0. The van der Waals surface area contributed by atoms with E-state index < -0.39 is 27.9 Å². The lowest BCUT2D eigenvalue weighted by Crippen LogP contribution is -2.13. The van der Waals surface area contributed by atoms with Gasteiger partial charge >= 0.3 is 0 Å². The third-order valence-corrected chi connectivity index (χ3v) is 2.27. The molecule has 0 saturated carbocycles. The number of nitro groups is 1. The van der Waals surface area contributed by atoms with Crippen LogP contribution in [-0.2, 0) is 0 Å². The summed E-state index contributed by atoms with van der Waals surface area (Å²) in [4.78, 5) is 21.6. The molecule has 0 amide bonds. The second-order valence-corrected chi connectivity index (χ2v) is 3.35. The molecule has 0 radical (unpaired) electrons. The molecule has 0 spiro atoms. The smallest absolute Gasteiger partial charge is 0.281 e. The van der Waals surface area contributed by atoms with Crippen LogP contribution in [0.3, 0.4) is 0 Å². The van der Waals surface area contributed by atoms with E-state index >= 15 is 0 Å².